The van der Waals surface area contributed by atoms with Gasteiger partial charge in [0.2, 0.25) is 0 Å². The molecule has 0 radical (unpaired) electrons. The van der Waals surface area contributed by atoms with E-state index in [1.165, 1.54) is 0 Å². The highest BCUT2D eigenvalue weighted by Crippen LogP contribution is 2.25. The summed E-state index contributed by atoms with van der Waals surface area (Å²) in [6, 6.07) is 11.7. The zero-order chi connectivity index (χ0) is 13.2. The first-order chi connectivity index (χ1) is 8.47. The molecule has 1 N–H and O–H groups in total. The molecular formula is C14H16ClN3. The molecule has 2 aromatic rings. The summed E-state index contributed by atoms with van der Waals surface area (Å²) in [5.41, 5.74) is 1.83. The molecule has 0 aliphatic carbocycles. The van der Waals surface area contributed by atoms with Crippen LogP contribution >= 0.6 is 11.6 Å². The fourth-order valence-electron chi connectivity index (χ4n) is 1.72. The number of aryl methyl sites for hydroxylation is 1. The standard InChI is InChI=1S/C14H16ClN3/c1-10-4-9-13(18-17-10)16-14(2,3)11-5-7-12(15)8-6-11/h4-9H,1-3H3,(H,16,18). The van der Waals surface area contributed by atoms with Crippen molar-refractivity contribution in [2.75, 3.05) is 5.32 Å². The molecule has 0 bridgehead atoms. The van der Waals surface area contributed by atoms with E-state index < -0.39 is 0 Å². The number of anilines is 1. The Labute approximate surface area is 112 Å². The van der Waals surface area contributed by atoms with Crippen molar-refractivity contribution in [3.8, 4) is 0 Å². The van der Waals surface area contributed by atoms with Crippen molar-refractivity contribution in [2.45, 2.75) is 26.3 Å². The summed E-state index contributed by atoms with van der Waals surface area (Å²) in [4.78, 5) is 0. The molecule has 1 aromatic heterocycles. The van der Waals surface area contributed by atoms with Gasteiger partial charge in [-0.05, 0) is 50.6 Å². The van der Waals surface area contributed by atoms with Crippen molar-refractivity contribution in [1.29, 1.82) is 0 Å². The van der Waals surface area contributed by atoms with Crippen LogP contribution in [0.3, 0.4) is 0 Å². The molecule has 18 heavy (non-hydrogen) atoms. The maximum absolute atomic E-state index is 5.90. The summed E-state index contributed by atoms with van der Waals surface area (Å²) < 4.78 is 0. The van der Waals surface area contributed by atoms with Crippen LogP contribution in [0.25, 0.3) is 0 Å². The third kappa shape index (κ3) is 2.99. The van der Waals surface area contributed by atoms with Gasteiger partial charge in [0.25, 0.3) is 0 Å². The van der Waals surface area contributed by atoms with Gasteiger partial charge in [0.05, 0.1) is 11.2 Å². The maximum Gasteiger partial charge on any atom is 0.149 e. The van der Waals surface area contributed by atoms with E-state index in [9.17, 15) is 0 Å². The molecule has 4 heteroatoms. The van der Waals surface area contributed by atoms with E-state index in [0.717, 1.165) is 22.1 Å². The number of halogens is 1. The SMILES string of the molecule is Cc1ccc(NC(C)(C)c2ccc(Cl)cc2)nn1. The quantitative estimate of drug-likeness (QED) is 0.914. The molecule has 0 fully saturated rings. The molecule has 94 valence electrons. The minimum atomic E-state index is -0.228. The number of nitrogens with zero attached hydrogens (tertiary/aromatic N) is 2. The molecular weight excluding hydrogens is 246 g/mol. The fraction of sp³-hybridized carbons (Fsp3) is 0.286. The largest absolute Gasteiger partial charge is 0.360 e. The number of aromatic nitrogens is 2. The minimum absolute atomic E-state index is 0.228. The van der Waals surface area contributed by atoms with Gasteiger partial charge in [-0.15, -0.1) is 5.10 Å². The topological polar surface area (TPSA) is 37.8 Å². The van der Waals surface area contributed by atoms with Crippen LogP contribution in [0.4, 0.5) is 5.82 Å². The Bertz CT molecular complexity index is 518. The zero-order valence-corrected chi connectivity index (χ0v) is 11.5. The number of benzene rings is 1. The first kappa shape index (κ1) is 12.8. The predicted molar refractivity (Wildman–Crippen MR) is 74.9 cm³/mol. The third-order valence-electron chi connectivity index (χ3n) is 2.80. The van der Waals surface area contributed by atoms with Gasteiger partial charge in [-0.3, -0.25) is 0 Å². The van der Waals surface area contributed by atoms with Crippen molar-refractivity contribution in [3.05, 3.63) is 52.7 Å². The van der Waals surface area contributed by atoms with Crippen LogP contribution in [-0.2, 0) is 5.54 Å². The number of hydrogen-bond acceptors (Lipinski definition) is 3. The Morgan fingerprint density at radius 3 is 2.22 bits per heavy atom. The minimum Gasteiger partial charge on any atom is -0.360 e. The highest BCUT2D eigenvalue weighted by atomic mass is 35.5. The second-order valence-electron chi connectivity index (χ2n) is 4.82. The normalized spacial score (nSPS) is 11.3. The lowest BCUT2D eigenvalue weighted by molar-refractivity contribution is 0.603. The highest BCUT2D eigenvalue weighted by Gasteiger charge is 2.20. The molecule has 0 atom stereocenters. The molecule has 1 heterocycles. The molecule has 3 nitrogen and oxygen atoms in total. The van der Waals surface area contributed by atoms with Gasteiger partial charge in [-0.25, -0.2) is 0 Å². The van der Waals surface area contributed by atoms with E-state index in [2.05, 4.69) is 29.4 Å². The van der Waals surface area contributed by atoms with E-state index in [1.54, 1.807) is 0 Å². The van der Waals surface area contributed by atoms with Gasteiger partial charge >= 0.3 is 0 Å². The fourth-order valence-corrected chi connectivity index (χ4v) is 1.85. The van der Waals surface area contributed by atoms with Gasteiger partial charge < -0.3 is 5.32 Å². The third-order valence-corrected chi connectivity index (χ3v) is 3.06. The molecule has 0 spiro atoms. The summed E-state index contributed by atoms with van der Waals surface area (Å²) in [6.07, 6.45) is 0. The average molecular weight is 262 g/mol. The smallest absolute Gasteiger partial charge is 0.149 e. The molecule has 0 saturated carbocycles. The average Bonchev–Trinajstić information content (AvgIpc) is 2.32. The van der Waals surface area contributed by atoms with Crippen molar-refractivity contribution >= 4 is 17.4 Å². The van der Waals surface area contributed by atoms with Crippen molar-refractivity contribution in [3.63, 3.8) is 0 Å². The van der Waals surface area contributed by atoms with Crippen LogP contribution in [0.15, 0.2) is 36.4 Å². The lowest BCUT2D eigenvalue weighted by atomic mass is 9.94. The van der Waals surface area contributed by atoms with E-state index in [4.69, 9.17) is 11.6 Å². The zero-order valence-electron chi connectivity index (χ0n) is 10.7. The van der Waals surface area contributed by atoms with Gasteiger partial charge in [-0.1, -0.05) is 23.7 Å². The maximum atomic E-state index is 5.90. The molecule has 0 aliphatic rings. The van der Waals surface area contributed by atoms with E-state index in [-0.39, 0.29) is 5.54 Å². The summed E-state index contributed by atoms with van der Waals surface area (Å²) in [6.45, 7) is 6.11. The van der Waals surface area contributed by atoms with E-state index >= 15 is 0 Å². The lowest BCUT2D eigenvalue weighted by Gasteiger charge is -2.27. The molecule has 2 rings (SSSR count). The van der Waals surface area contributed by atoms with Crippen LogP contribution in [0.1, 0.15) is 25.1 Å². The van der Waals surface area contributed by atoms with Gasteiger partial charge in [-0.2, -0.15) is 5.10 Å². The van der Waals surface area contributed by atoms with E-state index in [1.807, 2.05) is 43.3 Å². The van der Waals surface area contributed by atoms with Crippen molar-refractivity contribution in [1.82, 2.24) is 10.2 Å². The second kappa shape index (κ2) is 4.94. The monoisotopic (exact) mass is 261 g/mol. The first-order valence-corrected chi connectivity index (χ1v) is 6.20. The number of hydrogen-bond donors (Lipinski definition) is 1. The Hall–Kier alpha value is -1.61. The molecule has 0 unspecified atom stereocenters. The molecule has 0 aliphatic heterocycles. The summed E-state index contributed by atoms with van der Waals surface area (Å²) >= 11 is 5.90. The lowest BCUT2D eigenvalue weighted by Crippen LogP contribution is -2.28. The van der Waals surface area contributed by atoms with E-state index in [0.29, 0.717) is 0 Å². The molecule has 1 aromatic carbocycles. The predicted octanol–water partition coefficient (Wildman–Crippen LogP) is 3.79. The van der Waals surface area contributed by atoms with Crippen LogP contribution in [0, 0.1) is 6.92 Å². The van der Waals surface area contributed by atoms with Gasteiger partial charge in [0.1, 0.15) is 5.82 Å². The Balaban J connectivity index is 2.20. The van der Waals surface area contributed by atoms with Crippen molar-refractivity contribution in [2.24, 2.45) is 0 Å². The summed E-state index contributed by atoms with van der Waals surface area (Å²) in [7, 11) is 0. The highest BCUT2D eigenvalue weighted by molar-refractivity contribution is 6.30. The van der Waals surface area contributed by atoms with Gasteiger partial charge in [0.15, 0.2) is 0 Å². The molecule has 0 saturated heterocycles. The summed E-state index contributed by atoms with van der Waals surface area (Å²) in [5, 5.41) is 12.3. The van der Waals surface area contributed by atoms with Crippen molar-refractivity contribution < 1.29 is 0 Å². The second-order valence-corrected chi connectivity index (χ2v) is 5.25. The van der Waals surface area contributed by atoms with Crippen LogP contribution in [0.2, 0.25) is 5.02 Å². The van der Waals surface area contributed by atoms with Gasteiger partial charge in [0, 0.05) is 5.02 Å². The Kier molecular flexibility index (Phi) is 3.53. The Morgan fingerprint density at radius 2 is 1.67 bits per heavy atom. The first-order valence-electron chi connectivity index (χ1n) is 5.82. The summed E-state index contributed by atoms with van der Waals surface area (Å²) in [5.74, 6) is 0.764. The Morgan fingerprint density at radius 1 is 1.00 bits per heavy atom. The number of nitrogens with one attached hydrogen (secondary N) is 1. The van der Waals surface area contributed by atoms with Crippen LogP contribution in [-0.4, -0.2) is 10.2 Å². The van der Waals surface area contributed by atoms with Crippen LogP contribution in [0.5, 0.6) is 0 Å². The molecule has 0 amide bonds. The number of rotatable bonds is 3. The van der Waals surface area contributed by atoms with Crippen LogP contribution < -0.4 is 5.32 Å².